The lowest BCUT2D eigenvalue weighted by Gasteiger charge is -2.32. The zero-order valence-corrected chi connectivity index (χ0v) is 24.0. The quantitative estimate of drug-likeness (QED) is 0.170. The predicted molar refractivity (Wildman–Crippen MR) is 141 cm³/mol. The van der Waals surface area contributed by atoms with Gasteiger partial charge in [0.2, 0.25) is 0 Å². The third-order valence-electron chi connectivity index (χ3n) is 5.20. The number of ether oxygens (including phenoxy) is 4. The molecule has 0 aliphatic rings. The number of carbonyl (C=O) groups excluding carboxylic acids is 4. The van der Waals surface area contributed by atoms with Crippen LogP contribution in [0.1, 0.15) is 74.7 Å². The van der Waals surface area contributed by atoms with E-state index in [9.17, 15) is 29.4 Å². The minimum Gasteiger partial charge on any atom is -0.460 e. The van der Waals surface area contributed by atoms with Crippen LogP contribution in [-0.2, 0) is 38.1 Å². The number of esters is 4. The lowest BCUT2D eigenvalue weighted by Crippen LogP contribution is -2.39. The molecule has 0 aromatic carbocycles. The fourth-order valence-corrected chi connectivity index (χ4v) is 3.31. The van der Waals surface area contributed by atoms with E-state index in [0.717, 1.165) is 0 Å². The standard InChI is InChI=1S/C28H44O10/c1-17(2)22(31)35-15-21(30)14-28(10,11)38-25(34)26(6,7)12-19(5)24(33)36-16-20(29)13-27(8,9)37-23(32)18(3)4/h20-21,29-30H,1,3,5,12-16H2,2,4,6-11H3. The maximum Gasteiger partial charge on any atom is 0.333 e. The summed E-state index contributed by atoms with van der Waals surface area (Å²) < 4.78 is 20.9. The molecule has 0 heterocycles. The normalized spacial score (nSPS) is 13.5. The molecular formula is C28H44O10. The van der Waals surface area contributed by atoms with Crippen LogP contribution < -0.4 is 0 Å². The highest BCUT2D eigenvalue weighted by Crippen LogP contribution is 2.30. The highest BCUT2D eigenvalue weighted by molar-refractivity contribution is 5.89. The van der Waals surface area contributed by atoms with E-state index in [-0.39, 0.29) is 49.2 Å². The van der Waals surface area contributed by atoms with Gasteiger partial charge >= 0.3 is 23.9 Å². The van der Waals surface area contributed by atoms with Gasteiger partial charge in [-0.05, 0) is 61.8 Å². The number of carbonyl (C=O) groups is 4. The van der Waals surface area contributed by atoms with Crippen molar-refractivity contribution in [2.24, 2.45) is 5.41 Å². The van der Waals surface area contributed by atoms with Crippen molar-refractivity contribution in [1.82, 2.24) is 0 Å². The van der Waals surface area contributed by atoms with Crippen molar-refractivity contribution in [2.75, 3.05) is 13.2 Å². The molecule has 2 unspecified atom stereocenters. The van der Waals surface area contributed by atoms with Crippen LogP contribution in [0.15, 0.2) is 36.5 Å². The third kappa shape index (κ3) is 13.5. The molecule has 10 heteroatoms. The van der Waals surface area contributed by atoms with Crippen molar-refractivity contribution in [3.63, 3.8) is 0 Å². The van der Waals surface area contributed by atoms with Gasteiger partial charge in [0.05, 0.1) is 17.6 Å². The van der Waals surface area contributed by atoms with Gasteiger partial charge in [0.1, 0.15) is 24.4 Å². The van der Waals surface area contributed by atoms with Gasteiger partial charge in [0.25, 0.3) is 0 Å². The molecule has 0 rings (SSSR count). The highest BCUT2D eigenvalue weighted by Gasteiger charge is 2.37. The van der Waals surface area contributed by atoms with Crippen LogP contribution in [-0.4, -0.2) is 70.7 Å². The molecule has 0 saturated carbocycles. The van der Waals surface area contributed by atoms with Crippen LogP contribution in [0.5, 0.6) is 0 Å². The molecule has 2 N–H and O–H groups in total. The van der Waals surface area contributed by atoms with Gasteiger partial charge in [-0.1, -0.05) is 19.7 Å². The van der Waals surface area contributed by atoms with Crippen LogP contribution >= 0.6 is 0 Å². The molecular weight excluding hydrogens is 496 g/mol. The maximum absolute atomic E-state index is 12.9. The first-order valence-corrected chi connectivity index (χ1v) is 12.2. The van der Waals surface area contributed by atoms with Crippen molar-refractivity contribution in [1.29, 1.82) is 0 Å². The molecule has 0 aromatic heterocycles. The summed E-state index contributed by atoms with van der Waals surface area (Å²) in [5.41, 5.74) is -2.86. The van der Waals surface area contributed by atoms with Crippen LogP contribution in [0.4, 0.5) is 0 Å². The van der Waals surface area contributed by atoms with Crippen molar-refractivity contribution in [3.8, 4) is 0 Å². The van der Waals surface area contributed by atoms with E-state index < -0.39 is 52.7 Å². The van der Waals surface area contributed by atoms with Gasteiger partial charge in [-0.3, -0.25) is 4.79 Å². The average molecular weight is 541 g/mol. The first-order chi connectivity index (χ1) is 17.1. The van der Waals surface area contributed by atoms with Crippen molar-refractivity contribution in [3.05, 3.63) is 36.5 Å². The first-order valence-electron chi connectivity index (χ1n) is 12.2. The van der Waals surface area contributed by atoms with Gasteiger partial charge in [0, 0.05) is 29.6 Å². The van der Waals surface area contributed by atoms with Crippen LogP contribution in [0.3, 0.4) is 0 Å². The molecule has 0 radical (unpaired) electrons. The lowest BCUT2D eigenvalue weighted by atomic mass is 9.85. The molecule has 0 aliphatic heterocycles. The third-order valence-corrected chi connectivity index (χ3v) is 5.20. The Labute approximate surface area is 225 Å². The van der Waals surface area contributed by atoms with E-state index in [2.05, 4.69) is 19.7 Å². The van der Waals surface area contributed by atoms with E-state index >= 15 is 0 Å². The Morgan fingerprint density at radius 2 is 1.08 bits per heavy atom. The highest BCUT2D eigenvalue weighted by atomic mass is 16.6. The predicted octanol–water partition coefficient (Wildman–Crippen LogP) is 3.34. The summed E-state index contributed by atoms with van der Waals surface area (Å²) in [4.78, 5) is 48.5. The van der Waals surface area contributed by atoms with Gasteiger partial charge in [0.15, 0.2) is 0 Å². The minimum absolute atomic E-state index is 0.00278. The molecule has 0 amide bonds. The molecule has 216 valence electrons. The smallest absolute Gasteiger partial charge is 0.333 e. The molecule has 0 aromatic rings. The summed E-state index contributed by atoms with van der Waals surface area (Å²) in [7, 11) is 0. The number of hydrogen-bond donors (Lipinski definition) is 2. The van der Waals surface area contributed by atoms with Crippen LogP contribution in [0, 0.1) is 5.41 Å². The monoisotopic (exact) mass is 540 g/mol. The second kappa shape index (κ2) is 14.2. The van der Waals surface area contributed by atoms with Crippen molar-refractivity contribution < 1.29 is 48.3 Å². The molecule has 0 bridgehead atoms. The summed E-state index contributed by atoms with van der Waals surface area (Å²) in [5, 5.41) is 20.4. The summed E-state index contributed by atoms with van der Waals surface area (Å²) >= 11 is 0. The largest absolute Gasteiger partial charge is 0.460 e. The fraction of sp³-hybridized carbons (Fsp3) is 0.643. The molecule has 0 spiro atoms. The SMILES string of the molecule is C=C(C)C(=O)OCC(O)CC(C)(C)OC(=O)C(C)(C)CC(=C)C(=O)OCC(O)CC(C)(C)OC(=O)C(=C)C. The molecule has 0 saturated heterocycles. The summed E-state index contributed by atoms with van der Waals surface area (Å²) in [6, 6.07) is 0. The summed E-state index contributed by atoms with van der Waals surface area (Å²) in [6.45, 7) is 22.6. The van der Waals surface area contributed by atoms with Gasteiger partial charge < -0.3 is 29.2 Å². The van der Waals surface area contributed by atoms with E-state index in [1.54, 1.807) is 41.5 Å². The molecule has 0 aliphatic carbocycles. The molecule has 0 fully saturated rings. The number of aliphatic hydroxyl groups excluding tert-OH is 2. The Kier molecular flexibility index (Phi) is 13.1. The topological polar surface area (TPSA) is 146 Å². The fourth-order valence-electron chi connectivity index (χ4n) is 3.31. The van der Waals surface area contributed by atoms with Gasteiger partial charge in [-0.15, -0.1) is 0 Å². The van der Waals surface area contributed by atoms with Crippen molar-refractivity contribution in [2.45, 2.75) is 98.1 Å². The van der Waals surface area contributed by atoms with E-state index in [4.69, 9.17) is 18.9 Å². The van der Waals surface area contributed by atoms with Gasteiger partial charge in [-0.2, -0.15) is 0 Å². The number of aliphatic hydroxyl groups is 2. The zero-order valence-electron chi connectivity index (χ0n) is 24.0. The molecule has 2 atom stereocenters. The van der Waals surface area contributed by atoms with Crippen LogP contribution in [0.25, 0.3) is 0 Å². The lowest BCUT2D eigenvalue weighted by molar-refractivity contribution is -0.171. The van der Waals surface area contributed by atoms with E-state index in [0.29, 0.717) is 0 Å². The Bertz CT molecular complexity index is 926. The summed E-state index contributed by atoms with van der Waals surface area (Å²) in [6.07, 6.45) is -2.26. The van der Waals surface area contributed by atoms with Gasteiger partial charge in [-0.25, -0.2) is 14.4 Å². The summed E-state index contributed by atoms with van der Waals surface area (Å²) in [5.74, 6) is -2.65. The maximum atomic E-state index is 12.9. The van der Waals surface area contributed by atoms with Crippen LogP contribution in [0.2, 0.25) is 0 Å². The van der Waals surface area contributed by atoms with E-state index in [1.165, 1.54) is 13.8 Å². The Balaban J connectivity index is 4.83. The van der Waals surface area contributed by atoms with E-state index in [1.807, 2.05) is 0 Å². The number of rotatable bonds is 16. The Hall–Kier alpha value is -2.98. The Morgan fingerprint density at radius 1 is 0.684 bits per heavy atom. The Morgan fingerprint density at radius 3 is 1.50 bits per heavy atom. The zero-order chi connectivity index (χ0) is 30.1. The number of hydrogen-bond acceptors (Lipinski definition) is 10. The minimum atomic E-state index is -1.16. The second-order valence-electron chi connectivity index (χ2n) is 11.4. The molecule has 38 heavy (non-hydrogen) atoms. The van der Waals surface area contributed by atoms with Crippen molar-refractivity contribution >= 4 is 23.9 Å². The first kappa shape index (κ1) is 35.0. The second-order valence-corrected chi connectivity index (χ2v) is 11.4. The average Bonchev–Trinajstić information content (AvgIpc) is 2.73. The molecule has 10 nitrogen and oxygen atoms in total.